The highest BCUT2D eigenvalue weighted by Crippen LogP contribution is 2.41. The third-order valence-electron chi connectivity index (χ3n) is 6.39. The second-order valence-corrected chi connectivity index (χ2v) is 9.55. The Hall–Kier alpha value is -3.32. The largest absolute Gasteiger partial charge is 0.507 e. The van der Waals surface area contributed by atoms with E-state index in [1.54, 1.807) is 37.4 Å². The van der Waals surface area contributed by atoms with Crippen molar-refractivity contribution in [1.82, 2.24) is 4.90 Å². The number of ketones is 1. The molecule has 0 radical (unpaired) electrons. The van der Waals surface area contributed by atoms with Crippen LogP contribution in [0.3, 0.4) is 0 Å². The molecule has 2 atom stereocenters. The monoisotopic (exact) mass is 479 g/mol. The van der Waals surface area contributed by atoms with Crippen LogP contribution in [-0.2, 0) is 14.3 Å². The van der Waals surface area contributed by atoms with Crippen LogP contribution in [0.15, 0.2) is 48.0 Å². The first-order chi connectivity index (χ1) is 16.8. The Morgan fingerprint density at radius 1 is 1.20 bits per heavy atom. The van der Waals surface area contributed by atoms with Gasteiger partial charge in [-0.2, -0.15) is 0 Å². The van der Waals surface area contributed by atoms with Crippen LogP contribution in [0.25, 0.3) is 5.76 Å². The molecule has 0 bridgehead atoms. The van der Waals surface area contributed by atoms with Crippen molar-refractivity contribution in [3.8, 4) is 11.5 Å². The highest BCUT2D eigenvalue weighted by molar-refractivity contribution is 6.46. The molecule has 186 valence electrons. The van der Waals surface area contributed by atoms with E-state index < -0.39 is 17.7 Å². The lowest BCUT2D eigenvalue weighted by Crippen LogP contribution is -2.36. The molecule has 2 saturated heterocycles. The highest BCUT2D eigenvalue weighted by Gasteiger charge is 2.47. The lowest BCUT2D eigenvalue weighted by Gasteiger charge is -2.27. The molecular formula is C28H33NO6. The minimum absolute atomic E-state index is 0.0662. The number of hydrogen-bond acceptors (Lipinski definition) is 6. The third kappa shape index (κ3) is 5.20. The van der Waals surface area contributed by atoms with Gasteiger partial charge in [-0.1, -0.05) is 26.0 Å². The number of methoxy groups -OCH3 is 1. The fourth-order valence-electron chi connectivity index (χ4n) is 4.60. The first-order valence-electron chi connectivity index (χ1n) is 12.1. The molecule has 7 heteroatoms. The summed E-state index contributed by atoms with van der Waals surface area (Å²) in [6, 6.07) is 11.8. The maximum absolute atomic E-state index is 13.3. The number of likely N-dealkylation sites (tertiary alicyclic amines) is 1. The summed E-state index contributed by atoms with van der Waals surface area (Å²) in [5.41, 5.74) is 2.05. The van der Waals surface area contributed by atoms with Crippen molar-refractivity contribution < 1.29 is 28.9 Å². The number of benzene rings is 2. The summed E-state index contributed by atoms with van der Waals surface area (Å²) in [5.74, 6) is 0.162. The molecule has 2 aromatic rings. The van der Waals surface area contributed by atoms with Crippen molar-refractivity contribution in [2.75, 3.05) is 26.9 Å². The SMILES string of the molecule is COc1cccc(C2/C(=C(/O)c3ccc(OCC(C)C)c(C)c3)C(=O)C(=O)N2CC2CCCO2)c1. The number of aryl methyl sites for hydroxylation is 1. The topological polar surface area (TPSA) is 85.3 Å². The van der Waals surface area contributed by atoms with Crippen LogP contribution in [0.5, 0.6) is 11.5 Å². The van der Waals surface area contributed by atoms with E-state index in [1.165, 1.54) is 4.90 Å². The molecule has 0 saturated carbocycles. The molecule has 2 aliphatic heterocycles. The Bertz CT molecular complexity index is 1130. The van der Waals surface area contributed by atoms with Crippen LogP contribution >= 0.6 is 0 Å². The molecule has 1 amide bonds. The molecule has 0 spiro atoms. The standard InChI is InChI=1S/C28H33NO6/c1-17(2)16-35-23-11-10-20(13-18(23)3)26(30)24-25(19-7-5-8-21(14-19)33-4)29(28(32)27(24)31)15-22-9-6-12-34-22/h5,7-8,10-11,13-14,17,22,25,30H,6,9,12,15-16H2,1-4H3/b26-24-. The van der Waals surface area contributed by atoms with Crippen LogP contribution in [0, 0.1) is 12.8 Å². The van der Waals surface area contributed by atoms with E-state index in [0.29, 0.717) is 36.0 Å². The second-order valence-electron chi connectivity index (χ2n) is 9.55. The smallest absolute Gasteiger partial charge is 0.295 e. The van der Waals surface area contributed by atoms with Crippen molar-refractivity contribution >= 4 is 17.4 Å². The van der Waals surface area contributed by atoms with Crippen LogP contribution in [0.1, 0.15) is 49.4 Å². The van der Waals surface area contributed by atoms with Gasteiger partial charge >= 0.3 is 0 Å². The normalized spacial score (nSPS) is 21.7. The van der Waals surface area contributed by atoms with Crippen LogP contribution < -0.4 is 9.47 Å². The number of amides is 1. The molecule has 1 N–H and O–H groups in total. The van der Waals surface area contributed by atoms with E-state index in [0.717, 1.165) is 24.2 Å². The molecule has 2 unspecified atom stereocenters. The number of aliphatic hydroxyl groups is 1. The summed E-state index contributed by atoms with van der Waals surface area (Å²) in [6.07, 6.45) is 1.61. The number of aliphatic hydroxyl groups excluding tert-OH is 1. The molecule has 2 fully saturated rings. The first kappa shape index (κ1) is 24.8. The number of ether oxygens (including phenoxy) is 3. The molecule has 2 aromatic carbocycles. The molecule has 2 aliphatic rings. The van der Waals surface area contributed by atoms with E-state index in [9.17, 15) is 14.7 Å². The summed E-state index contributed by atoms with van der Waals surface area (Å²) in [5, 5.41) is 11.4. The molecule has 0 aromatic heterocycles. The predicted molar refractivity (Wildman–Crippen MR) is 132 cm³/mol. The van der Waals surface area contributed by atoms with E-state index in [-0.39, 0.29) is 24.0 Å². The highest BCUT2D eigenvalue weighted by atomic mass is 16.5. The van der Waals surface area contributed by atoms with Gasteiger partial charge in [0.05, 0.1) is 31.4 Å². The molecule has 4 rings (SSSR count). The van der Waals surface area contributed by atoms with Gasteiger partial charge in [0.1, 0.15) is 17.3 Å². The van der Waals surface area contributed by atoms with E-state index in [4.69, 9.17) is 14.2 Å². The van der Waals surface area contributed by atoms with Crippen molar-refractivity contribution in [1.29, 1.82) is 0 Å². The Kier molecular flexibility index (Phi) is 7.45. The van der Waals surface area contributed by atoms with Crippen LogP contribution in [0.2, 0.25) is 0 Å². The fourth-order valence-corrected chi connectivity index (χ4v) is 4.60. The summed E-state index contributed by atoms with van der Waals surface area (Å²) in [6.45, 7) is 7.54. The molecule has 2 heterocycles. The zero-order chi connectivity index (χ0) is 25.1. The first-order valence-corrected chi connectivity index (χ1v) is 12.1. The molecule has 35 heavy (non-hydrogen) atoms. The average Bonchev–Trinajstić information content (AvgIpc) is 3.45. The molecular weight excluding hydrogens is 446 g/mol. The maximum Gasteiger partial charge on any atom is 0.295 e. The third-order valence-corrected chi connectivity index (χ3v) is 6.39. The van der Waals surface area contributed by atoms with Crippen molar-refractivity contribution in [2.24, 2.45) is 5.92 Å². The minimum Gasteiger partial charge on any atom is -0.507 e. The number of nitrogens with zero attached hydrogens (tertiary/aromatic N) is 1. The van der Waals surface area contributed by atoms with Crippen molar-refractivity contribution in [2.45, 2.75) is 45.8 Å². The van der Waals surface area contributed by atoms with Crippen molar-refractivity contribution in [3.63, 3.8) is 0 Å². The van der Waals surface area contributed by atoms with Gasteiger partial charge in [0, 0.05) is 18.7 Å². The number of hydrogen-bond donors (Lipinski definition) is 1. The van der Waals surface area contributed by atoms with E-state index in [1.807, 2.05) is 19.1 Å². The molecule has 0 aliphatic carbocycles. The lowest BCUT2D eigenvalue weighted by molar-refractivity contribution is -0.140. The maximum atomic E-state index is 13.3. The van der Waals surface area contributed by atoms with E-state index in [2.05, 4.69) is 13.8 Å². The van der Waals surface area contributed by atoms with Gasteiger partial charge in [-0.25, -0.2) is 0 Å². The Morgan fingerprint density at radius 3 is 2.66 bits per heavy atom. The fraction of sp³-hybridized carbons (Fsp3) is 0.429. The zero-order valence-corrected chi connectivity index (χ0v) is 20.7. The Labute approximate surface area is 206 Å². The Morgan fingerprint density at radius 2 is 2.00 bits per heavy atom. The van der Waals surface area contributed by atoms with Crippen LogP contribution in [-0.4, -0.2) is 54.7 Å². The quantitative estimate of drug-likeness (QED) is 0.337. The predicted octanol–water partition coefficient (Wildman–Crippen LogP) is 4.64. The number of Topliss-reactive ketones (excluding diaryl/α,β-unsaturated/α-hetero) is 1. The van der Waals surface area contributed by atoms with Gasteiger partial charge in [0.2, 0.25) is 0 Å². The lowest BCUT2D eigenvalue weighted by atomic mass is 9.94. The number of carbonyl (C=O) groups excluding carboxylic acids is 2. The second kappa shape index (κ2) is 10.5. The summed E-state index contributed by atoms with van der Waals surface area (Å²) < 4.78 is 17.0. The minimum atomic E-state index is -0.744. The Balaban J connectivity index is 1.77. The van der Waals surface area contributed by atoms with Crippen LogP contribution in [0.4, 0.5) is 0 Å². The van der Waals surface area contributed by atoms with Gasteiger partial charge in [0.15, 0.2) is 0 Å². The summed E-state index contributed by atoms with van der Waals surface area (Å²) in [7, 11) is 1.56. The van der Waals surface area contributed by atoms with Gasteiger partial charge in [-0.3, -0.25) is 9.59 Å². The van der Waals surface area contributed by atoms with Gasteiger partial charge in [-0.05, 0) is 67.1 Å². The average molecular weight is 480 g/mol. The number of carbonyl (C=O) groups is 2. The zero-order valence-electron chi connectivity index (χ0n) is 20.7. The summed E-state index contributed by atoms with van der Waals surface area (Å²) >= 11 is 0. The summed E-state index contributed by atoms with van der Waals surface area (Å²) in [4.78, 5) is 28.0. The molecule has 7 nitrogen and oxygen atoms in total. The van der Waals surface area contributed by atoms with Gasteiger partial charge < -0.3 is 24.2 Å². The number of rotatable bonds is 8. The van der Waals surface area contributed by atoms with Gasteiger partial charge in [-0.15, -0.1) is 0 Å². The van der Waals surface area contributed by atoms with E-state index >= 15 is 0 Å². The van der Waals surface area contributed by atoms with Crippen molar-refractivity contribution in [3.05, 3.63) is 64.7 Å². The van der Waals surface area contributed by atoms with Gasteiger partial charge in [0.25, 0.3) is 11.7 Å².